The lowest BCUT2D eigenvalue weighted by molar-refractivity contribution is -0.708. The van der Waals surface area contributed by atoms with Crippen LogP contribution in [0.4, 0.5) is 0 Å². The van der Waals surface area contributed by atoms with Crippen LogP contribution in [0.25, 0.3) is 16.8 Å². The van der Waals surface area contributed by atoms with Crippen LogP contribution in [-0.4, -0.2) is 9.38 Å². The predicted molar refractivity (Wildman–Crippen MR) is 131 cm³/mol. The molecule has 0 radical (unpaired) electrons. The van der Waals surface area contributed by atoms with Crippen molar-refractivity contribution in [2.24, 2.45) is 0 Å². The van der Waals surface area contributed by atoms with E-state index in [9.17, 15) is 9.90 Å². The number of halogens is 2. The Labute approximate surface area is 208 Å². The average molecular weight is 535 g/mol. The summed E-state index contributed by atoms with van der Waals surface area (Å²) in [5.74, 6) is 0.710. The molecule has 3 heterocycles. The number of rotatable bonds is 5. The zero-order valence-corrected chi connectivity index (χ0v) is 20.0. The van der Waals surface area contributed by atoms with Crippen LogP contribution in [0.3, 0.4) is 0 Å². The Bertz CT molecular complexity index is 1540. The third kappa shape index (κ3) is 4.40. The number of pyridine rings is 2. The Morgan fingerprint density at radius 3 is 2.41 bits per heavy atom. The number of aromatic nitrogens is 3. The van der Waals surface area contributed by atoms with Gasteiger partial charge >= 0.3 is 5.56 Å². The lowest BCUT2D eigenvalue weighted by atomic mass is 10.1. The monoisotopic (exact) mass is 533 g/mol. The second kappa shape index (κ2) is 9.29. The van der Waals surface area contributed by atoms with E-state index in [1.165, 1.54) is 4.40 Å². The van der Waals surface area contributed by atoms with Gasteiger partial charge in [0, 0.05) is 22.3 Å². The largest absolute Gasteiger partial charge is 0.842 e. The van der Waals surface area contributed by atoms with Gasteiger partial charge in [-0.05, 0) is 42.0 Å². The van der Waals surface area contributed by atoms with Crippen molar-refractivity contribution in [2.45, 2.75) is 6.54 Å². The molecule has 0 saturated carbocycles. The number of nitrogens with zero attached hydrogens (tertiary/aromatic N) is 3. The molecule has 0 unspecified atom stereocenters. The van der Waals surface area contributed by atoms with Crippen LogP contribution in [-0.2, 0) is 6.54 Å². The van der Waals surface area contributed by atoms with E-state index in [1.807, 2.05) is 30.3 Å². The van der Waals surface area contributed by atoms with Gasteiger partial charge in [-0.1, -0.05) is 63.9 Å². The summed E-state index contributed by atoms with van der Waals surface area (Å²) in [5.41, 5.74) is 1.43. The van der Waals surface area contributed by atoms with Gasteiger partial charge in [-0.3, -0.25) is 0 Å². The number of benzene rings is 2. The molecule has 0 aliphatic heterocycles. The summed E-state index contributed by atoms with van der Waals surface area (Å²) < 4.78 is 9.88. The molecular formula is C26H17BrClN3O3. The van der Waals surface area contributed by atoms with Crippen molar-refractivity contribution in [1.29, 1.82) is 0 Å². The molecule has 0 aliphatic carbocycles. The smallest absolute Gasteiger partial charge is 0.349 e. The van der Waals surface area contributed by atoms with Gasteiger partial charge < -0.3 is 9.84 Å². The second-order valence-electron chi connectivity index (χ2n) is 7.58. The van der Waals surface area contributed by atoms with Crippen molar-refractivity contribution in [3.05, 3.63) is 117 Å². The van der Waals surface area contributed by atoms with Gasteiger partial charge in [-0.2, -0.15) is 4.40 Å². The Kier molecular flexibility index (Phi) is 6.04. The van der Waals surface area contributed by atoms with Crippen LogP contribution in [0.2, 0.25) is 5.15 Å². The van der Waals surface area contributed by atoms with Gasteiger partial charge in [-0.15, -0.1) is 0 Å². The van der Waals surface area contributed by atoms with Crippen LogP contribution in [0.5, 0.6) is 17.4 Å². The fraction of sp³-hybridized carbons (Fsp3) is 0.0385. The van der Waals surface area contributed by atoms with E-state index in [-0.39, 0.29) is 18.0 Å². The minimum atomic E-state index is -0.419. The van der Waals surface area contributed by atoms with Crippen molar-refractivity contribution in [3.8, 4) is 28.5 Å². The highest BCUT2D eigenvalue weighted by Gasteiger charge is 2.21. The summed E-state index contributed by atoms with van der Waals surface area (Å²) in [6.07, 6.45) is 3.21. The molecule has 6 nitrogen and oxygen atoms in total. The molecule has 0 spiro atoms. The van der Waals surface area contributed by atoms with E-state index < -0.39 is 5.56 Å². The fourth-order valence-corrected chi connectivity index (χ4v) is 4.07. The summed E-state index contributed by atoms with van der Waals surface area (Å²) in [7, 11) is 0. The molecule has 0 atom stereocenters. The molecule has 0 aliphatic rings. The average Bonchev–Trinajstić information content (AvgIpc) is 2.85. The molecule has 5 rings (SSSR count). The highest BCUT2D eigenvalue weighted by molar-refractivity contribution is 9.10. The minimum Gasteiger partial charge on any atom is -0.842 e. The lowest BCUT2D eigenvalue weighted by Gasteiger charge is -2.17. The zero-order valence-electron chi connectivity index (χ0n) is 17.7. The maximum atomic E-state index is 13.6. The highest BCUT2D eigenvalue weighted by Crippen LogP contribution is 2.25. The first kappa shape index (κ1) is 22.1. The summed E-state index contributed by atoms with van der Waals surface area (Å²) in [6.45, 7) is 0.222. The molecule has 0 fully saturated rings. The van der Waals surface area contributed by atoms with Gasteiger partial charge in [0.15, 0.2) is 5.75 Å². The Balaban J connectivity index is 1.69. The summed E-state index contributed by atoms with van der Waals surface area (Å²) in [5, 5.41) is 13.9. The fourth-order valence-electron chi connectivity index (χ4n) is 3.69. The summed E-state index contributed by atoms with van der Waals surface area (Å²) in [4.78, 5) is 17.6. The molecular weight excluding hydrogens is 518 g/mol. The van der Waals surface area contributed by atoms with Gasteiger partial charge in [0.1, 0.15) is 29.2 Å². The number of fused-ring (bicyclic) bond motifs is 1. The van der Waals surface area contributed by atoms with Crippen LogP contribution >= 0.6 is 27.5 Å². The molecule has 34 heavy (non-hydrogen) atoms. The normalized spacial score (nSPS) is 11.0. The molecule has 2 aromatic carbocycles. The van der Waals surface area contributed by atoms with E-state index >= 15 is 0 Å². The van der Waals surface area contributed by atoms with Gasteiger partial charge in [0.25, 0.3) is 5.65 Å². The van der Waals surface area contributed by atoms with Gasteiger partial charge in [-0.25, -0.2) is 14.3 Å². The van der Waals surface area contributed by atoms with Crippen LogP contribution in [0, 0.1) is 0 Å². The quantitative estimate of drug-likeness (QED) is 0.236. The van der Waals surface area contributed by atoms with E-state index in [1.54, 1.807) is 65.5 Å². The minimum absolute atomic E-state index is 0.0841. The standard InChI is InChI=1S/C26H17BrClN3O3/c27-19-7-9-20(10-8-19)34-21-11-13-23-30(15-17-6-12-22(28)29-14-17)25(32)24(26(33)31(23)16-21)18-4-2-1-3-5-18/h1-14,16H,15H2. The highest BCUT2D eigenvalue weighted by atomic mass is 79.9. The molecule has 8 heteroatoms. The molecule has 3 aromatic heterocycles. The first-order valence-electron chi connectivity index (χ1n) is 10.4. The Hall–Kier alpha value is -3.68. The van der Waals surface area contributed by atoms with Crippen molar-refractivity contribution in [1.82, 2.24) is 9.38 Å². The topological polar surface area (TPSA) is 70.5 Å². The van der Waals surface area contributed by atoms with Crippen LogP contribution in [0.15, 0.2) is 101 Å². The lowest BCUT2D eigenvalue weighted by Crippen LogP contribution is -2.44. The van der Waals surface area contributed by atoms with E-state index in [4.69, 9.17) is 16.3 Å². The molecule has 0 bridgehead atoms. The summed E-state index contributed by atoms with van der Waals surface area (Å²) >= 11 is 9.32. The maximum Gasteiger partial charge on any atom is 0.349 e. The SMILES string of the molecule is O=c1c(-c2ccccc2)c([O-])[n+](Cc2ccc(Cl)nc2)c2ccc(Oc3ccc(Br)cc3)cn12. The number of hydrogen-bond donors (Lipinski definition) is 0. The number of hydrogen-bond acceptors (Lipinski definition) is 4. The molecule has 0 saturated heterocycles. The van der Waals surface area contributed by atoms with Gasteiger partial charge in [0.05, 0.1) is 5.88 Å². The van der Waals surface area contributed by atoms with E-state index in [2.05, 4.69) is 20.9 Å². The third-order valence-corrected chi connectivity index (χ3v) is 6.06. The number of ether oxygens (including phenoxy) is 1. The maximum absolute atomic E-state index is 13.6. The molecule has 0 N–H and O–H groups in total. The van der Waals surface area contributed by atoms with Crippen molar-refractivity contribution in [3.63, 3.8) is 0 Å². The Morgan fingerprint density at radius 2 is 1.71 bits per heavy atom. The first-order valence-corrected chi connectivity index (χ1v) is 11.6. The van der Waals surface area contributed by atoms with E-state index in [0.29, 0.717) is 27.9 Å². The zero-order chi connectivity index (χ0) is 23.7. The Morgan fingerprint density at radius 1 is 0.971 bits per heavy atom. The second-order valence-corrected chi connectivity index (χ2v) is 8.88. The van der Waals surface area contributed by atoms with Crippen molar-refractivity contribution >= 4 is 33.2 Å². The molecule has 5 aromatic rings. The van der Waals surface area contributed by atoms with Crippen molar-refractivity contribution in [2.75, 3.05) is 0 Å². The van der Waals surface area contributed by atoms with Crippen LogP contribution < -0.4 is 20.0 Å². The molecule has 168 valence electrons. The molecule has 0 amide bonds. The van der Waals surface area contributed by atoms with Crippen molar-refractivity contribution < 1.29 is 14.4 Å². The van der Waals surface area contributed by atoms with Gasteiger partial charge in [0.2, 0.25) is 0 Å². The first-order chi connectivity index (χ1) is 16.5. The van der Waals surface area contributed by atoms with E-state index in [0.717, 1.165) is 10.0 Å². The predicted octanol–water partition coefficient (Wildman–Crippen LogP) is 4.98. The van der Waals surface area contributed by atoms with Crippen LogP contribution in [0.1, 0.15) is 5.56 Å². The third-order valence-electron chi connectivity index (χ3n) is 5.31. The summed E-state index contributed by atoms with van der Waals surface area (Å²) in [6, 6.07) is 23.2.